The molecular formula is C34H35N5. The van der Waals surface area contributed by atoms with Crippen LogP contribution in [0.1, 0.15) is 60.8 Å². The van der Waals surface area contributed by atoms with Crippen LogP contribution in [0.4, 0.5) is 0 Å². The highest BCUT2D eigenvalue weighted by atomic mass is 15.6. The predicted octanol–water partition coefficient (Wildman–Crippen LogP) is 6.99. The van der Waals surface area contributed by atoms with Crippen molar-refractivity contribution in [3.05, 3.63) is 138 Å². The normalized spacial score (nSPS) is 14.7. The van der Waals surface area contributed by atoms with E-state index >= 15 is 0 Å². The van der Waals surface area contributed by atoms with Gasteiger partial charge in [0.15, 0.2) is 5.82 Å². The molecule has 0 radical (unpaired) electrons. The molecule has 39 heavy (non-hydrogen) atoms. The lowest BCUT2D eigenvalue weighted by Crippen LogP contribution is -2.39. The Morgan fingerprint density at radius 1 is 0.667 bits per heavy atom. The van der Waals surface area contributed by atoms with E-state index in [4.69, 9.17) is 5.21 Å². The van der Waals surface area contributed by atoms with E-state index in [-0.39, 0.29) is 0 Å². The van der Waals surface area contributed by atoms with E-state index in [1.165, 1.54) is 44.1 Å². The summed E-state index contributed by atoms with van der Waals surface area (Å²) in [6, 6.07) is 40.9. The first-order chi connectivity index (χ1) is 19.4. The minimum Gasteiger partial charge on any atom is -0.310 e. The van der Waals surface area contributed by atoms with Gasteiger partial charge in [-0.3, -0.25) is 0 Å². The summed E-state index contributed by atoms with van der Waals surface area (Å²) in [7, 11) is 0. The van der Waals surface area contributed by atoms with E-state index in [9.17, 15) is 0 Å². The fourth-order valence-electron chi connectivity index (χ4n) is 6.06. The van der Waals surface area contributed by atoms with E-state index in [1.807, 2.05) is 4.68 Å². The monoisotopic (exact) mass is 513 g/mol. The lowest BCUT2D eigenvalue weighted by atomic mass is 9.77. The number of tetrazole rings is 1. The Morgan fingerprint density at radius 3 is 1.79 bits per heavy atom. The zero-order valence-electron chi connectivity index (χ0n) is 22.3. The maximum Gasteiger partial charge on any atom is 0.183 e. The molecule has 1 N–H and O–H groups in total. The zero-order chi connectivity index (χ0) is 26.3. The van der Waals surface area contributed by atoms with Crippen LogP contribution < -0.4 is 5.32 Å². The molecule has 4 aromatic carbocycles. The second-order valence-corrected chi connectivity index (χ2v) is 10.5. The van der Waals surface area contributed by atoms with Crippen LogP contribution in [-0.4, -0.2) is 26.2 Å². The van der Waals surface area contributed by atoms with Crippen LogP contribution in [-0.2, 0) is 12.1 Å². The molecule has 0 unspecified atom stereocenters. The highest BCUT2D eigenvalue weighted by Gasteiger charge is 2.41. The average molecular weight is 514 g/mol. The van der Waals surface area contributed by atoms with Crippen LogP contribution in [0.15, 0.2) is 115 Å². The third-order valence-corrected chi connectivity index (χ3v) is 8.00. The molecule has 1 heterocycles. The summed E-state index contributed by atoms with van der Waals surface area (Å²) in [5.74, 6) is 0.739. The molecule has 0 amide bonds. The van der Waals surface area contributed by atoms with Crippen molar-refractivity contribution in [1.82, 2.24) is 25.5 Å². The van der Waals surface area contributed by atoms with Crippen molar-refractivity contribution in [1.29, 1.82) is 0 Å². The van der Waals surface area contributed by atoms with E-state index in [0.717, 1.165) is 34.6 Å². The van der Waals surface area contributed by atoms with Gasteiger partial charge >= 0.3 is 0 Å². The highest BCUT2D eigenvalue weighted by Crippen LogP contribution is 2.42. The second kappa shape index (κ2) is 11.7. The Kier molecular flexibility index (Phi) is 7.59. The van der Waals surface area contributed by atoms with Crippen LogP contribution in [0.25, 0.3) is 11.4 Å². The Morgan fingerprint density at radius 2 is 1.23 bits per heavy atom. The van der Waals surface area contributed by atoms with Crippen molar-refractivity contribution >= 4 is 0 Å². The quantitative estimate of drug-likeness (QED) is 0.179. The lowest BCUT2D eigenvalue weighted by Gasteiger charge is -2.36. The van der Waals surface area contributed by atoms with Crippen LogP contribution >= 0.6 is 0 Å². The van der Waals surface area contributed by atoms with Gasteiger partial charge in [0.2, 0.25) is 0 Å². The maximum absolute atomic E-state index is 4.69. The number of benzene rings is 4. The minimum atomic E-state index is -0.753. The SMILES string of the molecule is c1ccc(C(c2ccccc2)(c2ccccc2)n2nnnc2-c2cccc(CNC3CCCCCC3)c2)cc1. The Bertz CT molecular complexity index is 1360. The van der Waals surface area contributed by atoms with Gasteiger partial charge in [-0.25, -0.2) is 4.68 Å². The molecular weight excluding hydrogens is 478 g/mol. The molecule has 0 spiro atoms. The number of nitrogens with one attached hydrogen (secondary N) is 1. The van der Waals surface area contributed by atoms with Crippen molar-refractivity contribution in [3.63, 3.8) is 0 Å². The molecule has 0 bridgehead atoms. The molecule has 1 aliphatic rings. The highest BCUT2D eigenvalue weighted by molar-refractivity contribution is 5.60. The minimum absolute atomic E-state index is 0.600. The van der Waals surface area contributed by atoms with Gasteiger partial charge in [0, 0.05) is 18.2 Å². The molecule has 0 saturated heterocycles. The summed E-state index contributed by atoms with van der Waals surface area (Å²) >= 11 is 0. The van der Waals surface area contributed by atoms with Gasteiger partial charge < -0.3 is 5.32 Å². The molecule has 1 aromatic heterocycles. The molecule has 5 aromatic rings. The second-order valence-electron chi connectivity index (χ2n) is 10.5. The molecule has 1 aliphatic carbocycles. The van der Waals surface area contributed by atoms with E-state index in [0.29, 0.717) is 6.04 Å². The summed E-state index contributed by atoms with van der Waals surface area (Å²) in [4.78, 5) is 0. The number of nitrogens with zero attached hydrogens (tertiary/aromatic N) is 4. The molecule has 0 aliphatic heterocycles. The smallest absolute Gasteiger partial charge is 0.183 e. The van der Waals surface area contributed by atoms with Gasteiger partial charge in [-0.05, 0) is 51.6 Å². The van der Waals surface area contributed by atoms with Crippen LogP contribution in [0.2, 0.25) is 0 Å². The number of hydrogen-bond donors (Lipinski definition) is 1. The molecule has 5 heteroatoms. The van der Waals surface area contributed by atoms with Crippen molar-refractivity contribution in [3.8, 4) is 11.4 Å². The van der Waals surface area contributed by atoms with Gasteiger partial charge in [0.1, 0.15) is 5.54 Å². The molecule has 5 nitrogen and oxygen atoms in total. The van der Waals surface area contributed by atoms with Crippen LogP contribution in [0, 0.1) is 0 Å². The lowest BCUT2D eigenvalue weighted by molar-refractivity contribution is 0.451. The Hall–Kier alpha value is -4.09. The van der Waals surface area contributed by atoms with Gasteiger partial charge in [0.25, 0.3) is 0 Å². The maximum atomic E-state index is 4.69. The third kappa shape index (κ3) is 5.15. The largest absolute Gasteiger partial charge is 0.310 e. The fourth-order valence-corrected chi connectivity index (χ4v) is 6.06. The molecule has 196 valence electrons. The summed E-state index contributed by atoms with van der Waals surface area (Å²) < 4.78 is 2.00. The first-order valence-electron chi connectivity index (χ1n) is 14.1. The fraction of sp³-hybridized carbons (Fsp3) is 0.265. The zero-order valence-corrected chi connectivity index (χ0v) is 22.3. The summed E-state index contributed by atoms with van der Waals surface area (Å²) in [5.41, 5.74) is 4.80. The third-order valence-electron chi connectivity index (χ3n) is 8.00. The van der Waals surface area contributed by atoms with Gasteiger partial charge in [-0.15, -0.1) is 5.10 Å². The van der Waals surface area contributed by atoms with Crippen LogP contribution in [0.3, 0.4) is 0 Å². The van der Waals surface area contributed by atoms with Crippen molar-refractivity contribution in [2.45, 2.75) is 56.7 Å². The number of hydrogen-bond acceptors (Lipinski definition) is 4. The van der Waals surface area contributed by atoms with Gasteiger partial charge in [-0.1, -0.05) is 135 Å². The van der Waals surface area contributed by atoms with Crippen molar-refractivity contribution in [2.24, 2.45) is 0 Å². The molecule has 6 rings (SSSR count). The standard InChI is InChI=1S/C34H35N5/c1-2-13-24-32(23-12-1)35-26-27-15-14-16-28(25-27)33-36-37-38-39(33)34(29-17-6-3-7-18-29,30-19-8-4-9-20-30)31-21-10-5-11-22-31/h3-11,14-22,25,32,35H,1-2,12-13,23-24,26H2. The van der Waals surface area contributed by atoms with Crippen molar-refractivity contribution in [2.75, 3.05) is 0 Å². The summed E-state index contributed by atoms with van der Waals surface area (Å²) in [6.45, 7) is 0.848. The Labute approximate surface area is 230 Å². The van der Waals surface area contributed by atoms with E-state index in [1.54, 1.807) is 0 Å². The summed E-state index contributed by atoms with van der Waals surface area (Å²) in [5, 5.41) is 17.4. The van der Waals surface area contributed by atoms with Gasteiger partial charge in [-0.2, -0.15) is 0 Å². The topological polar surface area (TPSA) is 55.6 Å². The molecule has 1 fully saturated rings. The molecule has 0 atom stereocenters. The number of rotatable bonds is 8. The number of aromatic nitrogens is 4. The van der Waals surface area contributed by atoms with E-state index < -0.39 is 5.54 Å². The summed E-state index contributed by atoms with van der Waals surface area (Å²) in [6.07, 6.45) is 7.92. The van der Waals surface area contributed by atoms with Crippen molar-refractivity contribution < 1.29 is 0 Å². The predicted molar refractivity (Wildman–Crippen MR) is 156 cm³/mol. The molecule has 1 saturated carbocycles. The van der Waals surface area contributed by atoms with Crippen LogP contribution in [0.5, 0.6) is 0 Å². The Balaban J connectivity index is 1.46. The average Bonchev–Trinajstić information content (AvgIpc) is 3.35. The first-order valence-corrected chi connectivity index (χ1v) is 14.1. The first kappa shape index (κ1) is 25.2. The van der Waals surface area contributed by atoms with E-state index in [2.05, 4.69) is 131 Å². The van der Waals surface area contributed by atoms with Gasteiger partial charge in [0.05, 0.1) is 0 Å².